The van der Waals surface area contributed by atoms with E-state index in [2.05, 4.69) is 15.2 Å². The zero-order valence-electron chi connectivity index (χ0n) is 13.0. The molecule has 1 amide bonds. The minimum Gasteiger partial charge on any atom is -0.410 e. The molecule has 0 atom stereocenters. The summed E-state index contributed by atoms with van der Waals surface area (Å²) in [4.78, 5) is 12.0. The molecule has 0 aliphatic carbocycles. The van der Waals surface area contributed by atoms with Gasteiger partial charge in [-0.05, 0) is 18.6 Å². The van der Waals surface area contributed by atoms with Gasteiger partial charge in [0.15, 0.2) is 5.71 Å². The average Bonchev–Trinajstić information content (AvgIpc) is 2.89. The van der Waals surface area contributed by atoms with E-state index in [9.17, 15) is 13.2 Å². The third-order valence-electron chi connectivity index (χ3n) is 3.94. The van der Waals surface area contributed by atoms with E-state index >= 15 is 0 Å². The number of anilines is 1. The van der Waals surface area contributed by atoms with E-state index in [1.165, 1.54) is 6.07 Å². The molecule has 126 valence electrons. The maximum absolute atomic E-state index is 12.5. The maximum atomic E-state index is 12.5. The Morgan fingerprint density at radius 3 is 2.71 bits per heavy atom. The molecule has 3 N–H and O–H groups in total. The van der Waals surface area contributed by atoms with Gasteiger partial charge in [-0.25, -0.2) is 13.1 Å². The number of hydrogen-bond acceptors (Lipinski definition) is 5. The molecule has 0 aromatic heterocycles. The zero-order valence-corrected chi connectivity index (χ0v) is 13.9. The number of rotatable bonds is 5. The van der Waals surface area contributed by atoms with Gasteiger partial charge in [0, 0.05) is 22.9 Å². The lowest BCUT2D eigenvalue weighted by Gasteiger charge is -2.11. The molecule has 0 spiro atoms. The molecule has 0 saturated heterocycles. The van der Waals surface area contributed by atoms with Gasteiger partial charge in [-0.3, -0.25) is 4.79 Å². The Morgan fingerprint density at radius 1 is 1.21 bits per heavy atom. The molecule has 3 rings (SSSR count). The predicted molar refractivity (Wildman–Crippen MR) is 91.0 cm³/mol. The Morgan fingerprint density at radius 2 is 2.00 bits per heavy atom. The highest BCUT2D eigenvalue weighted by Gasteiger charge is 2.29. The van der Waals surface area contributed by atoms with Crippen molar-refractivity contribution in [1.82, 2.24) is 4.72 Å². The van der Waals surface area contributed by atoms with E-state index in [0.29, 0.717) is 28.6 Å². The predicted octanol–water partition coefficient (Wildman–Crippen LogP) is 2.05. The van der Waals surface area contributed by atoms with Crippen LogP contribution < -0.4 is 10.0 Å². The molecule has 8 heteroatoms. The number of amides is 1. The summed E-state index contributed by atoms with van der Waals surface area (Å²) in [5, 5.41) is 15.7. The number of unbranched alkanes of at least 4 members (excludes halogenated alkanes) is 1. The monoisotopic (exact) mass is 347 g/mol. The lowest BCUT2D eigenvalue weighted by molar-refractivity contribution is -0.110. The van der Waals surface area contributed by atoms with Crippen molar-refractivity contribution in [2.75, 3.05) is 11.9 Å². The van der Waals surface area contributed by atoms with Gasteiger partial charge in [0.05, 0.1) is 10.6 Å². The van der Waals surface area contributed by atoms with E-state index < -0.39 is 15.9 Å². The molecule has 0 bridgehead atoms. The van der Waals surface area contributed by atoms with E-state index in [-0.39, 0.29) is 10.6 Å². The van der Waals surface area contributed by atoms with E-state index in [4.69, 9.17) is 5.21 Å². The maximum Gasteiger partial charge on any atom is 0.278 e. The third kappa shape index (κ3) is 2.63. The van der Waals surface area contributed by atoms with Gasteiger partial charge < -0.3 is 10.5 Å². The van der Waals surface area contributed by atoms with E-state index in [1.54, 1.807) is 24.3 Å². The number of carbonyl (C=O) groups is 1. The van der Waals surface area contributed by atoms with Gasteiger partial charge in [0.2, 0.25) is 10.0 Å². The topological polar surface area (TPSA) is 108 Å². The summed E-state index contributed by atoms with van der Waals surface area (Å²) < 4.78 is 27.7. The van der Waals surface area contributed by atoms with Crippen molar-refractivity contribution in [2.45, 2.75) is 24.7 Å². The van der Waals surface area contributed by atoms with Crippen LogP contribution in [0.3, 0.4) is 0 Å². The van der Waals surface area contributed by atoms with Crippen molar-refractivity contribution < 1.29 is 18.4 Å². The molecule has 1 aliphatic heterocycles. The normalized spacial score (nSPS) is 15.7. The molecule has 7 nitrogen and oxygen atoms in total. The van der Waals surface area contributed by atoms with Crippen molar-refractivity contribution in [3.8, 4) is 0 Å². The molecule has 0 radical (unpaired) electrons. The average molecular weight is 347 g/mol. The Bertz CT molecular complexity index is 951. The zero-order chi connectivity index (χ0) is 17.3. The van der Waals surface area contributed by atoms with Crippen LogP contribution in [0.2, 0.25) is 0 Å². The number of nitrogens with zero attached hydrogens (tertiary/aromatic N) is 1. The Balaban J connectivity index is 2.14. The van der Waals surface area contributed by atoms with Crippen molar-refractivity contribution >= 4 is 38.1 Å². The molecule has 1 aliphatic rings. The summed E-state index contributed by atoms with van der Waals surface area (Å²) in [6, 6.07) is 8.07. The summed E-state index contributed by atoms with van der Waals surface area (Å²) in [7, 11) is -3.65. The SMILES string of the molecule is CCCCNS(=O)(=O)c1cccc2c3c(ccc12)/C(=N/O)C(=O)N3. The smallest absolute Gasteiger partial charge is 0.278 e. The van der Waals surface area contributed by atoms with Gasteiger partial charge in [-0.1, -0.05) is 36.7 Å². The van der Waals surface area contributed by atoms with Crippen LogP contribution in [0.15, 0.2) is 40.4 Å². The molecule has 0 saturated carbocycles. The quantitative estimate of drug-likeness (QED) is 0.437. The molecule has 2 aromatic carbocycles. The number of hydrogen-bond donors (Lipinski definition) is 3. The van der Waals surface area contributed by atoms with Crippen LogP contribution in [0.25, 0.3) is 10.8 Å². The highest BCUT2D eigenvalue weighted by atomic mass is 32.2. The van der Waals surface area contributed by atoms with Crippen LogP contribution in [0, 0.1) is 0 Å². The van der Waals surface area contributed by atoms with Crippen molar-refractivity contribution in [3.05, 3.63) is 35.9 Å². The van der Waals surface area contributed by atoms with Crippen LogP contribution in [0.1, 0.15) is 25.3 Å². The molecule has 24 heavy (non-hydrogen) atoms. The third-order valence-corrected chi connectivity index (χ3v) is 5.46. The van der Waals surface area contributed by atoms with Crippen LogP contribution in [0.4, 0.5) is 5.69 Å². The largest absolute Gasteiger partial charge is 0.410 e. The standard InChI is InChI=1S/C16H17N3O4S/c1-2-3-9-17-24(22,23)13-6-4-5-11-10(13)7-8-12-14(11)18-16(20)15(12)19-21/h4-8,17,21H,2-3,9H2,1H3,(H,18,19,20). The van der Waals surface area contributed by atoms with Crippen LogP contribution >= 0.6 is 0 Å². The first-order valence-electron chi connectivity index (χ1n) is 7.58. The van der Waals surface area contributed by atoms with Crippen molar-refractivity contribution in [1.29, 1.82) is 0 Å². The summed E-state index contributed by atoms with van der Waals surface area (Å²) in [5.41, 5.74) is 0.820. The first-order valence-corrected chi connectivity index (χ1v) is 9.07. The minimum atomic E-state index is -3.65. The van der Waals surface area contributed by atoms with Gasteiger partial charge in [-0.2, -0.15) is 0 Å². The summed E-state index contributed by atoms with van der Waals surface area (Å²) >= 11 is 0. The Kier molecular flexibility index (Phi) is 4.25. The van der Waals surface area contributed by atoms with Crippen molar-refractivity contribution in [2.24, 2.45) is 5.16 Å². The first-order chi connectivity index (χ1) is 11.5. The lowest BCUT2D eigenvalue weighted by Crippen LogP contribution is -2.24. The second-order valence-corrected chi connectivity index (χ2v) is 7.23. The summed E-state index contributed by atoms with van der Waals surface area (Å²) in [6.07, 6.45) is 1.65. The van der Waals surface area contributed by atoms with Gasteiger partial charge >= 0.3 is 0 Å². The number of oxime groups is 1. The second kappa shape index (κ2) is 6.21. The fourth-order valence-corrected chi connectivity index (χ4v) is 4.04. The summed E-state index contributed by atoms with van der Waals surface area (Å²) in [5.74, 6) is -0.519. The molecule has 0 fully saturated rings. The number of carbonyl (C=O) groups excluding carboxylic acids is 1. The fourth-order valence-electron chi connectivity index (χ4n) is 2.75. The highest BCUT2D eigenvalue weighted by Crippen LogP contribution is 2.35. The van der Waals surface area contributed by atoms with Crippen molar-refractivity contribution in [3.63, 3.8) is 0 Å². The van der Waals surface area contributed by atoms with E-state index in [1.807, 2.05) is 6.92 Å². The fraction of sp³-hybridized carbons (Fsp3) is 0.250. The molecule has 2 aromatic rings. The Labute approximate surface area is 139 Å². The van der Waals surface area contributed by atoms with Gasteiger partial charge in [0.25, 0.3) is 5.91 Å². The molecular formula is C16H17N3O4S. The van der Waals surface area contributed by atoms with Crippen LogP contribution in [-0.2, 0) is 14.8 Å². The minimum absolute atomic E-state index is 0.0822. The molecule has 0 unspecified atom stereocenters. The summed E-state index contributed by atoms with van der Waals surface area (Å²) in [6.45, 7) is 2.36. The number of benzene rings is 2. The Hall–Kier alpha value is -2.45. The number of nitrogens with one attached hydrogen (secondary N) is 2. The first kappa shape index (κ1) is 16.4. The van der Waals surface area contributed by atoms with Gasteiger partial charge in [0.1, 0.15) is 0 Å². The lowest BCUT2D eigenvalue weighted by atomic mass is 10.0. The molecular weight excluding hydrogens is 330 g/mol. The van der Waals surface area contributed by atoms with Crippen LogP contribution in [-0.4, -0.2) is 31.8 Å². The highest BCUT2D eigenvalue weighted by molar-refractivity contribution is 7.89. The van der Waals surface area contributed by atoms with Crippen LogP contribution in [0.5, 0.6) is 0 Å². The number of fused-ring (bicyclic) bond motifs is 3. The molecule has 1 heterocycles. The second-order valence-electron chi connectivity index (χ2n) is 5.49. The van der Waals surface area contributed by atoms with E-state index in [0.717, 1.165) is 12.8 Å². The number of sulfonamides is 1. The van der Waals surface area contributed by atoms with Gasteiger partial charge in [-0.15, -0.1) is 0 Å².